The Morgan fingerprint density at radius 3 is 2.76 bits per heavy atom. The second-order valence-corrected chi connectivity index (χ2v) is 7.80. The van der Waals surface area contributed by atoms with E-state index in [9.17, 15) is 9.18 Å². The maximum Gasteiger partial charge on any atom is 0.223 e. The zero-order valence-corrected chi connectivity index (χ0v) is 15.1. The number of hydrogen-bond acceptors (Lipinski definition) is 3. The van der Waals surface area contributed by atoms with Gasteiger partial charge < -0.3 is 0 Å². The van der Waals surface area contributed by atoms with Crippen LogP contribution in [0.5, 0.6) is 0 Å². The number of halogens is 2. The summed E-state index contributed by atoms with van der Waals surface area (Å²) in [5, 5.41) is 0.142. The lowest BCUT2D eigenvalue weighted by molar-refractivity contribution is -0.128. The first-order valence-electron chi connectivity index (χ1n) is 8.76. The maximum atomic E-state index is 14.4. The smallest absolute Gasteiger partial charge is 0.223 e. The molecule has 0 bridgehead atoms. The largest absolute Gasteiger partial charge is 0.299 e. The van der Waals surface area contributed by atoms with Crippen LogP contribution in [0.4, 0.5) is 4.39 Å². The van der Waals surface area contributed by atoms with Crippen molar-refractivity contribution in [2.75, 3.05) is 0 Å². The Bertz CT molecular complexity index is 869. The Labute approximate surface area is 151 Å². The summed E-state index contributed by atoms with van der Waals surface area (Å²) in [4.78, 5) is 21.1. The van der Waals surface area contributed by atoms with Crippen LogP contribution in [-0.2, 0) is 16.6 Å². The zero-order valence-electron chi connectivity index (χ0n) is 14.4. The van der Waals surface area contributed by atoms with Crippen molar-refractivity contribution >= 4 is 17.4 Å². The Morgan fingerprint density at radius 1 is 1.24 bits per heavy atom. The number of ketones is 1. The number of hydrogen-bond donors (Lipinski definition) is 0. The van der Waals surface area contributed by atoms with Gasteiger partial charge >= 0.3 is 0 Å². The summed E-state index contributed by atoms with van der Waals surface area (Å²) in [5.74, 6) is 0.303. The molecule has 3 nitrogen and oxygen atoms in total. The number of nitrogens with zero attached hydrogens (tertiary/aromatic N) is 2. The van der Waals surface area contributed by atoms with Crippen LogP contribution in [0.25, 0.3) is 11.3 Å². The second kappa shape index (κ2) is 5.87. The molecule has 1 fully saturated rings. The zero-order chi connectivity index (χ0) is 17.8. The van der Waals surface area contributed by atoms with Gasteiger partial charge in [-0.25, -0.2) is 14.4 Å². The average Bonchev–Trinajstić information content (AvgIpc) is 2.59. The molecule has 0 unspecified atom stereocenters. The number of benzene rings is 1. The van der Waals surface area contributed by atoms with E-state index >= 15 is 0 Å². The quantitative estimate of drug-likeness (QED) is 0.690. The number of carbonyl (C=O) groups excluding carboxylic acids is 1. The van der Waals surface area contributed by atoms with Crippen LogP contribution >= 0.6 is 11.6 Å². The number of rotatable bonds is 1. The van der Waals surface area contributed by atoms with Crippen molar-refractivity contribution in [2.45, 2.75) is 44.9 Å². The standard InChI is InChI=1S/C20H20ClFN2O/c1-11-14-8-7-13-17(12-5-3-4-6-15(12)22)23-19(21)24-18(13)20(14,2)10-9-16(11)25/h3-6,11,14H,7-10H2,1-2H3/t11-,14-,20-/m1/s1. The minimum Gasteiger partial charge on any atom is -0.299 e. The number of aromatic nitrogens is 2. The summed E-state index contributed by atoms with van der Waals surface area (Å²) < 4.78 is 14.4. The predicted octanol–water partition coefficient (Wildman–Crippen LogP) is 4.76. The third kappa shape index (κ3) is 2.50. The molecule has 1 heterocycles. The monoisotopic (exact) mass is 358 g/mol. The minimum atomic E-state index is -0.307. The maximum absolute atomic E-state index is 14.4. The van der Waals surface area contributed by atoms with Crippen LogP contribution in [0.2, 0.25) is 5.28 Å². The highest BCUT2D eigenvalue weighted by Gasteiger charge is 2.49. The SMILES string of the molecule is C[C@H]1C(=O)CC[C@@]2(C)c3nc(Cl)nc(-c4ccccc4F)c3CC[C@H]12. The fourth-order valence-corrected chi connectivity index (χ4v) is 4.95. The second-order valence-electron chi connectivity index (χ2n) is 7.47. The molecular formula is C20H20ClFN2O. The first-order valence-corrected chi connectivity index (χ1v) is 9.14. The van der Waals surface area contributed by atoms with Crippen molar-refractivity contribution in [2.24, 2.45) is 11.8 Å². The molecule has 1 aromatic carbocycles. The van der Waals surface area contributed by atoms with Gasteiger partial charge in [0.25, 0.3) is 0 Å². The van der Waals surface area contributed by atoms with Crippen LogP contribution in [0.1, 0.15) is 44.4 Å². The van der Waals surface area contributed by atoms with Gasteiger partial charge in [0.1, 0.15) is 11.6 Å². The minimum absolute atomic E-state index is 0.0255. The summed E-state index contributed by atoms with van der Waals surface area (Å²) in [6.45, 7) is 4.20. The molecule has 5 heteroatoms. The van der Waals surface area contributed by atoms with Crippen LogP contribution in [0.3, 0.4) is 0 Å². The first-order chi connectivity index (χ1) is 11.9. The highest BCUT2D eigenvalue weighted by Crippen LogP contribution is 2.51. The molecule has 0 N–H and O–H groups in total. The number of fused-ring (bicyclic) bond motifs is 3. The molecular weight excluding hydrogens is 339 g/mol. The molecule has 0 spiro atoms. The molecule has 3 atom stereocenters. The van der Waals surface area contributed by atoms with Gasteiger partial charge in [0.15, 0.2) is 0 Å². The highest BCUT2D eigenvalue weighted by molar-refractivity contribution is 6.28. The van der Waals surface area contributed by atoms with Gasteiger partial charge in [0.2, 0.25) is 5.28 Å². The molecule has 0 amide bonds. The Hall–Kier alpha value is -1.81. The Morgan fingerprint density at radius 2 is 2.00 bits per heavy atom. The van der Waals surface area contributed by atoms with Crippen LogP contribution in [0.15, 0.2) is 24.3 Å². The van der Waals surface area contributed by atoms with Crippen molar-refractivity contribution in [3.05, 3.63) is 46.6 Å². The fourth-order valence-electron chi connectivity index (χ4n) is 4.78. The third-order valence-corrected chi connectivity index (χ3v) is 6.34. The normalized spacial score (nSPS) is 28.4. The van der Waals surface area contributed by atoms with E-state index in [4.69, 9.17) is 11.6 Å². The summed E-state index contributed by atoms with van der Waals surface area (Å²) in [6, 6.07) is 6.64. The number of Topliss-reactive ketones (excluding diaryl/α,β-unsaturated/α-hetero) is 1. The molecule has 2 aromatic rings. The van der Waals surface area contributed by atoms with E-state index in [1.165, 1.54) is 6.07 Å². The van der Waals surface area contributed by atoms with E-state index in [0.717, 1.165) is 30.5 Å². The predicted molar refractivity (Wildman–Crippen MR) is 95.0 cm³/mol. The molecule has 1 aromatic heterocycles. The first kappa shape index (κ1) is 16.6. The molecule has 2 aliphatic carbocycles. The molecule has 1 saturated carbocycles. The van der Waals surface area contributed by atoms with Gasteiger partial charge in [0.05, 0.1) is 11.4 Å². The van der Waals surface area contributed by atoms with E-state index in [0.29, 0.717) is 23.5 Å². The van der Waals surface area contributed by atoms with Crippen molar-refractivity contribution in [1.82, 2.24) is 9.97 Å². The lowest BCUT2D eigenvalue weighted by atomic mass is 9.56. The van der Waals surface area contributed by atoms with Gasteiger partial charge in [-0.15, -0.1) is 0 Å². The Balaban J connectivity index is 1.92. The molecule has 0 saturated heterocycles. The fraction of sp³-hybridized carbons (Fsp3) is 0.450. The summed E-state index contributed by atoms with van der Waals surface area (Å²) in [6.07, 6.45) is 2.96. The lowest BCUT2D eigenvalue weighted by Crippen LogP contribution is -2.47. The van der Waals surface area contributed by atoms with Gasteiger partial charge in [-0.3, -0.25) is 4.79 Å². The van der Waals surface area contributed by atoms with Gasteiger partial charge in [-0.1, -0.05) is 26.0 Å². The summed E-state index contributed by atoms with van der Waals surface area (Å²) >= 11 is 6.23. The van der Waals surface area contributed by atoms with Crippen molar-refractivity contribution in [3.8, 4) is 11.3 Å². The average molecular weight is 359 g/mol. The molecule has 130 valence electrons. The van der Waals surface area contributed by atoms with Crippen molar-refractivity contribution in [3.63, 3.8) is 0 Å². The summed E-state index contributed by atoms with van der Waals surface area (Å²) in [7, 11) is 0. The molecule has 2 aliphatic rings. The van der Waals surface area contributed by atoms with Crippen LogP contribution < -0.4 is 0 Å². The van der Waals surface area contributed by atoms with Crippen molar-refractivity contribution in [1.29, 1.82) is 0 Å². The van der Waals surface area contributed by atoms with Gasteiger partial charge in [-0.2, -0.15) is 0 Å². The van der Waals surface area contributed by atoms with Crippen molar-refractivity contribution < 1.29 is 9.18 Å². The van der Waals surface area contributed by atoms with E-state index in [2.05, 4.69) is 16.9 Å². The highest BCUT2D eigenvalue weighted by atomic mass is 35.5. The summed E-state index contributed by atoms with van der Waals surface area (Å²) in [5.41, 5.74) is 2.73. The van der Waals surface area contributed by atoms with Gasteiger partial charge in [-0.05, 0) is 48.9 Å². The topological polar surface area (TPSA) is 42.9 Å². The molecule has 0 aliphatic heterocycles. The molecule has 4 rings (SSSR count). The van der Waals surface area contributed by atoms with E-state index in [1.54, 1.807) is 18.2 Å². The molecule has 0 radical (unpaired) electrons. The van der Waals surface area contributed by atoms with Crippen LogP contribution in [-0.4, -0.2) is 15.8 Å². The molecule has 25 heavy (non-hydrogen) atoms. The van der Waals surface area contributed by atoms with E-state index in [-0.39, 0.29) is 28.4 Å². The van der Waals surface area contributed by atoms with E-state index < -0.39 is 0 Å². The Kier molecular flexibility index (Phi) is 3.91. The number of carbonyl (C=O) groups is 1. The van der Waals surface area contributed by atoms with Gasteiger partial charge in [0, 0.05) is 28.9 Å². The van der Waals surface area contributed by atoms with Crippen LogP contribution in [0, 0.1) is 17.7 Å². The van der Waals surface area contributed by atoms with E-state index in [1.807, 2.05) is 6.92 Å². The third-order valence-electron chi connectivity index (χ3n) is 6.18. The lowest BCUT2D eigenvalue weighted by Gasteiger charge is -2.48.